The summed E-state index contributed by atoms with van der Waals surface area (Å²) in [7, 11) is 1.23. The quantitative estimate of drug-likeness (QED) is 0.126. The first kappa shape index (κ1) is 39.8. The van der Waals surface area contributed by atoms with Gasteiger partial charge in [0.1, 0.15) is 6.04 Å². The normalized spacial score (nSPS) is 13.9. The van der Waals surface area contributed by atoms with Gasteiger partial charge in [-0.25, -0.2) is 8.42 Å². The van der Waals surface area contributed by atoms with Crippen molar-refractivity contribution in [1.82, 2.24) is 16.0 Å². The van der Waals surface area contributed by atoms with Gasteiger partial charge in [-0.05, 0) is 61.6 Å². The summed E-state index contributed by atoms with van der Waals surface area (Å²) in [4.78, 5) is 41.3. The number of carbonyl (C=O) groups is 3. The molecule has 11 nitrogen and oxygen atoms in total. The number of fused-ring (bicyclic) bond motifs is 1. The molecule has 0 radical (unpaired) electrons. The van der Waals surface area contributed by atoms with Crippen LogP contribution in [-0.4, -0.2) is 70.6 Å². The molecule has 0 aliphatic carbocycles. The molecule has 0 spiro atoms. The van der Waals surface area contributed by atoms with E-state index in [4.69, 9.17) is 0 Å². The second kappa shape index (κ2) is 17.5. The number of nitrogens with zero attached hydrogens (tertiary/aromatic N) is 2. The Bertz CT molecular complexity index is 1970. The number of nitrogens with one attached hydrogen (secondary N) is 3. The van der Waals surface area contributed by atoms with E-state index in [9.17, 15) is 27.9 Å². The van der Waals surface area contributed by atoms with E-state index in [2.05, 4.69) is 16.0 Å². The number of benzene rings is 4. The van der Waals surface area contributed by atoms with Gasteiger partial charge in [0.25, 0.3) is 15.9 Å². The Morgan fingerprint density at radius 1 is 0.750 bits per heavy atom. The fraction of sp³-hybridized carbons (Fsp3) is 0.375. The first-order valence-electron chi connectivity index (χ1n) is 17.5. The molecular weight excluding hydrogens is 679 g/mol. The van der Waals surface area contributed by atoms with Gasteiger partial charge in [0.05, 0.1) is 22.7 Å². The molecule has 3 unspecified atom stereocenters. The zero-order valence-electron chi connectivity index (χ0n) is 31.0. The Labute approximate surface area is 307 Å². The Balaban J connectivity index is 1.43. The van der Waals surface area contributed by atoms with Crippen molar-refractivity contribution in [3.8, 4) is 0 Å². The number of hydrogen-bond acceptors (Lipinski definition) is 7. The lowest BCUT2D eigenvalue weighted by molar-refractivity contribution is -0.131. The molecule has 4 aromatic rings. The van der Waals surface area contributed by atoms with Crippen LogP contribution in [0.3, 0.4) is 0 Å². The second-order valence-corrected chi connectivity index (χ2v) is 15.8. The maximum atomic E-state index is 14.0. The van der Waals surface area contributed by atoms with Crippen molar-refractivity contribution in [1.29, 1.82) is 0 Å². The van der Waals surface area contributed by atoms with Crippen LogP contribution >= 0.6 is 0 Å². The van der Waals surface area contributed by atoms with Crippen LogP contribution in [0.15, 0.2) is 95.9 Å². The molecule has 4 N–H and O–H groups in total. The number of anilines is 2. The minimum absolute atomic E-state index is 0.0451. The van der Waals surface area contributed by atoms with Gasteiger partial charge in [-0.2, -0.15) is 0 Å². The van der Waals surface area contributed by atoms with Crippen LogP contribution < -0.4 is 25.2 Å². The highest BCUT2D eigenvalue weighted by molar-refractivity contribution is 7.93. The minimum Gasteiger partial charge on any atom is -0.391 e. The van der Waals surface area contributed by atoms with Crippen molar-refractivity contribution < 1.29 is 27.9 Å². The summed E-state index contributed by atoms with van der Waals surface area (Å²) >= 11 is 0. The third kappa shape index (κ3) is 9.89. The predicted molar refractivity (Wildman–Crippen MR) is 207 cm³/mol. The molecule has 0 saturated carbocycles. The third-order valence-electron chi connectivity index (χ3n) is 9.06. The largest absolute Gasteiger partial charge is 0.391 e. The van der Waals surface area contributed by atoms with Gasteiger partial charge in [-0.15, -0.1) is 0 Å². The van der Waals surface area contributed by atoms with Gasteiger partial charge in [-0.1, -0.05) is 81.4 Å². The molecule has 0 heterocycles. The Morgan fingerprint density at radius 2 is 1.40 bits per heavy atom. The van der Waals surface area contributed by atoms with Gasteiger partial charge in [0.2, 0.25) is 11.8 Å². The summed E-state index contributed by atoms with van der Waals surface area (Å²) in [5.41, 5.74) is 2.34. The van der Waals surface area contributed by atoms with Gasteiger partial charge in [0, 0.05) is 55.6 Å². The standard InChI is InChI=1S/C40H51N5O6S/c1-26(2)22-34(36(46)23-27(3)38(47)42-28(4)39(48)41-25-29-14-9-8-10-15-29)43-40(49)30-16-11-17-31(24-30)45(7)52(50,51)37-21-13-18-32-33(37)19-12-20-35(32)44(5)6/h8-21,24,26-28,34,36,46H,22-23,25H2,1-7H3,(H,41,48)(H,42,47)(H,43,49)/t27?,28-,34?,36?/m0/s1. The molecule has 4 aromatic carbocycles. The number of aliphatic hydroxyl groups is 1. The van der Waals surface area contributed by atoms with Gasteiger partial charge >= 0.3 is 0 Å². The van der Waals surface area contributed by atoms with E-state index in [1.807, 2.05) is 81.4 Å². The lowest BCUT2D eigenvalue weighted by Crippen LogP contribution is -2.48. The van der Waals surface area contributed by atoms with Crippen molar-refractivity contribution in [2.75, 3.05) is 30.3 Å². The summed E-state index contributed by atoms with van der Waals surface area (Å²) in [5.74, 6) is -1.76. The van der Waals surface area contributed by atoms with E-state index >= 15 is 0 Å². The van der Waals surface area contributed by atoms with Crippen LogP contribution in [0.1, 0.15) is 56.5 Å². The Morgan fingerprint density at radius 3 is 2.08 bits per heavy atom. The van der Waals surface area contributed by atoms with Crippen LogP contribution in [0.2, 0.25) is 0 Å². The first-order valence-corrected chi connectivity index (χ1v) is 18.9. The molecule has 0 aromatic heterocycles. The Kier molecular flexibility index (Phi) is 13.4. The van der Waals surface area contributed by atoms with E-state index in [1.165, 1.54) is 13.1 Å². The van der Waals surface area contributed by atoms with E-state index < -0.39 is 45.9 Å². The van der Waals surface area contributed by atoms with E-state index in [0.717, 1.165) is 20.9 Å². The number of hydrogen-bond donors (Lipinski definition) is 4. The lowest BCUT2D eigenvalue weighted by atomic mass is 9.92. The molecule has 3 amide bonds. The molecule has 0 fully saturated rings. The van der Waals surface area contributed by atoms with Crippen LogP contribution in [0.25, 0.3) is 10.8 Å². The van der Waals surface area contributed by atoms with Gasteiger partial charge in [0.15, 0.2) is 0 Å². The van der Waals surface area contributed by atoms with Crippen molar-refractivity contribution in [2.45, 2.75) is 70.2 Å². The maximum absolute atomic E-state index is 14.0. The van der Waals surface area contributed by atoms with Crippen molar-refractivity contribution >= 4 is 49.9 Å². The summed E-state index contributed by atoms with van der Waals surface area (Å²) in [6, 6.07) is 25.0. The lowest BCUT2D eigenvalue weighted by Gasteiger charge is -2.28. The van der Waals surface area contributed by atoms with Crippen molar-refractivity contribution in [3.05, 3.63) is 102 Å². The smallest absolute Gasteiger partial charge is 0.264 e. The van der Waals surface area contributed by atoms with Crippen LogP contribution in [-0.2, 0) is 26.2 Å². The number of sulfonamides is 1. The molecule has 0 aliphatic heterocycles. The number of rotatable bonds is 16. The molecule has 4 rings (SSSR count). The topological polar surface area (TPSA) is 148 Å². The number of amides is 3. The van der Waals surface area contributed by atoms with E-state index in [0.29, 0.717) is 24.0 Å². The van der Waals surface area contributed by atoms with Crippen LogP contribution in [0.5, 0.6) is 0 Å². The van der Waals surface area contributed by atoms with E-state index in [-0.39, 0.29) is 28.7 Å². The summed E-state index contributed by atoms with van der Waals surface area (Å²) < 4.78 is 29.1. The SMILES string of the molecule is CC(C)CC(NC(=O)c1cccc(N(C)S(=O)(=O)c2cccc3c(N(C)C)cccc23)c1)C(O)CC(C)C(=O)N[C@@H](C)C(=O)NCc1ccccc1. The monoisotopic (exact) mass is 729 g/mol. The molecule has 0 saturated heterocycles. The average molecular weight is 730 g/mol. The van der Waals surface area contributed by atoms with Crippen LogP contribution in [0, 0.1) is 11.8 Å². The fourth-order valence-electron chi connectivity index (χ4n) is 6.07. The molecule has 12 heteroatoms. The molecule has 0 aliphatic rings. The van der Waals surface area contributed by atoms with E-state index in [1.54, 1.807) is 50.2 Å². The third-order valence-corrected chi connectivity index (χ3v) is 10.9. The first-order chi connectivity index (χ1) is 24.6. The van der Waals surface area contributed by atoms with Crippen molar-refractivity contribution in [2.24, 2.45) is 11.8 Å². The highest BCUT2D eigenvalue weighted by atomic mass is 32.2. The molecule has 4 atom stereocenters. The minimum atomic E-state index is -4.03. The zero-order chi connectivity index (χ0) is 38.2. The summed E-state index contributed by atoms with van der Waals surface area (Å²) in [6.45, 7) is 7.53. The predicted octanol–water partition coefficient (Wildman–Crippen LogP) is 5.08. The highest BCUT2D eigenvalue weighted by Gasteiger charge is 2.29. The molecular formula is C40H51N5O6S. The van der Waals surface area contributed by atoms with Gasteiger partial charge < -0.3 is 26.0 Å². The molecule has 278 valence electrons. The summed E-state index contributed by atoms with van der Waals surface area (Å²) in [5, 5.41) is 21.1. The zero-order valence-corrected chi connectivity index (χ0v) is 31.8. The molecule has 52 heavy (non-hydrogen) atoms. The Hall–Kier alpha value is -4.94. The fourth-order valence-corrected chi connectivity index (χ4v) is 7.47. The van der Waals surface area contributed by atoms with Crippen molar-refractivity contribution in [3.63, 3.8) is 0 Å². The maximum Gasteiger partial charge on any atom is 0.264 e. The number of carbonyl (C=O) groups excluding carboxylic acids is 3. The summed E-state index contributed by atoms with van der Waals surface area (Å²) in [6.07, 6.45) is -0.591. The van der Waals surface area contributed by atoms with Gasteiger partial charge in [-0.3, -0.25) is 18.7 Å². The average Bonchev–Trinajstić information content (AvgIpc) is 3.12. The second-order valence-electron chi connectivity index (χ2n) is 13.9. The van der Waals surface area contributed by atoms with Crippen LogP contribution in [0.4, 0.5) is 11.4 Å². The molecule has 0 bridgehead atoms. The number of aliphatic hydroxyl groups excluding tert-OH is 1. The highest BCUT2D eigenvalue weighted by Crippen LogP contribution is 2.33.